The lowest BCUT2D eigenvalue weighted by atomic mass is 9.92. The number of ether oxygens (including phenoxy) is 5. The van der Waals surface area contributed by atoms with Crippen molar-refractivity contribution in [2.75, 3.05) is 19.8 Å². The van der Waals surface area contributed by atoms with Gasteiger partial charge in [0.05, 0.1) is 6.61 Å². The first-order valence-corrected chi connectivity index (χ1v) is 12.9. The summed E-state index contributed by atoms with van der Waals surface area (Å²) in [5.74, 6) is 2.36. The first kappa shape index (κ1) is 24.3. The summed E-state index contributed by atoms with van der Waals surface area (Å²) >= 11 is 3.38. The highest BCUT2D eigenvalue weighted by Gasteiger charge is 2.33. The Balaban J connectivity index is 1.05. The van der Waals surface area contributed by atoms with Crippen LogP contribution in [0.5, 0.6) is 17.4 Å². The lowest BCUT2D eigenvalue weighted by Gasteiger charge is -2.35. The summed E-state index contributed by atoms with van der Waals surface area (Å²) in [6.07, 6.45) is 11.6. The van der Waals surface area contributed by atoms with Crippen LogP contribution < -0.4 is 14.2 Å². The van der Waals surface area contributed by atoms with Gasteiger partial charge in [-0.1, -0.05) is 12.5 Å². The third-order valence-corrected chi connectivity index (χ3v) is 6.37. The van der Waals surface area contributed by atoms with E-state index in [0.29, 0.717) is 5.88 Å². The van der Waals surface area contributed by atoms with Crippen LogP contribution >= 0.6 is 15.9 Å². The highest BCUT2D eigenvalue weighted by atomic mass is 79.9. The van der Waals surface area contributed by atoms with Crippen molar-refractivity contribution in [3.63, 3.8) is 0 Å². The topological polar surface area (TPSA) is 59.0 Å². The van der Waals surface area contributed by atoms with E-state index in [1.165, 1.54) is 6.42 Å². The van der Waals surface area contributed by atoms with E-state index in [1.54, 1.807) is 6.20 Å². The molecule has 0 amide bonds. The van der Waals surface area contributed by atoms with Crippen molar-refractivity contribution < 1.29 is 23.7 Å². The summed E-state index contributed by atoms with van der Waals surface area (Å²) in [5.41, 5.74) is 0. The third kappa shape index (κ3) is 8.47. The van der Waals surface area contributed by atoms with Gasteiger partial charge in [-0.15, -0.1) is 0 Å². The largest absolute Gasteiger partial charge is 0.493 e. The number of nitrogens with zero attached hydrogens (tertiary/aromatic N) is 1. The Morgan fingerprint density at radius 3 is 2.52 bits per heavy atom. The predicted molar refractivity (Wildman–Crippen MR) is 130 cm³/mol. The van der Waals surface area contributed by atoms with Crippen LogP contribution in [0.2, 0.25) is 0 Å². The molecular formula is C26H34BrNO5. The molecule has 33 heavy (non-hydrogen) atoms. The number of aromatic nitrogens is 1. The molecule has 1 aliphatic carbocycles. The quantitative estimate of drug-likeness (QED) is 0.288. The monoisotopic (exact) mass is 519 g/mol. The zero-order valence-electron chi connectivity index (χ0n) is 19.1. The molecule has 0 N–H and O–H groups in total. The zero-order valence-corrected chi connectivity index (χ0v) is 20.7. The van der Waals surface area contributed by atoms with Crippen LogP contribution in [0.25, 0.3) is 0 Å². The van der Waals surface area contributed by atoms with Gasteiger partial charge in [0, 0.05) is 48.9 Å². The molecule has 1 unspecified atom stereocenters. The van der Waals surface area contributed by atoms with E-state index in [9.17, 15) is 0 Å². The fraction of sp³-hybridized carbons (Fsp3) is 0.577. The molecule has 7 heteroatoms. The van der Waals surface area contributed by atoms with Gasteiger partial charge in [0.25, 0.3) is 0 Å². The van der Waals surface area contributed by atoms with E-state index < -0.39 is 0 Å². The second-order valence-corrected chi connectivity index (χ2v) is 9.59. The Bertz CT molecular complexity index is 822. The number of hydrogen-bond donors (Lipinski definition) is 0. The molecule has 2 aliphatic rings. The van der Waals surface area contributed by atoms with Gasteiger partial charge in [-0.25, -0.2) is 4.98 Å². The highest BCUT2D eigenvalue weighted by molar-refractivity contribution is 9.10. The number of hydrogen-bond acceptors (Lipinski definition) is 6. The summed E-state index contributed by atoms with van der Waals surface area (Å²) in [4.78, 5) is 4.26. The van der Waals surface area contributed by atoms with E-state index in [4.69, 9.17) is 23.7 Å². The minimum absolute atomic E-state index is 0.0263. The van der Waals surface area contributed by atoms with Crippen molar-refractivity contribution in [1.82, 2.24) is 4.98 Å². The molecule has 4 rings (SSSR count). The van der Waals surface area contributed by atoms with Gasteiger partial charge in [-0.3, -0.25) is 0 Å². The summed E-state index contributed by atoms with van der Waals surface area (Å²) in [6, 6.07) is 11.7. The Morgan fingerprint density at radius 1 is 0.909 bits per heavy atom. The van der Waals surface area contributed by atoms with Crippen molar-refractivity contribution in [3.8, 4) is 17.4 Å². The lowest BCUT2D eigenvalue weighted by molar-refractivity contribution is -0.162. The minimum atomic E-state index is 0.0263. The van der Waals surface area contributed by atoms with Crippen LogP contribution in [0, 0.1) is 0 Å². The fourth-order valence-electron chi connectivity index (χ4n) is 3.95. The van der Waals surface area contributed by atoms with Crippen LogP contribution in [-0.4, -0.2) is 43.3 Å². The second kappa shape index (κ2) is 13.2. The maximum Gasteiger partial charge on any atom is 0.213 e. The number of unbranched alkanes of at least 4 members (excludes halogenated alkanes) is 3. The van der Waals surface area contributed by atoms with Gasteiger partial charge in [0.2, 0.25) is 5.88 Å². The minimum Gasteiger partial charge on any atom is -0.493 e. The van der Waals surface area contributed by atoms with E-state index in [2.05, 4.69) is 20.9 Å². The maximum atomic E-state index is 6.09. The predicted octanol–water partition coefficient (Wildman–Crippen LogP) is 6.32. The van der Waals surface area contributed by atoms with Gasteiger partial charge in [0.1, 0.15) is 23.7 Å². The molecule has 2 fully saturated rings. The van der Waals surface area contributed by atoms with Crippen molar-refractivity contribution >= 4 is 15.9 Å². The van der Waals surface area contributed by atoms with E-state index in [0.717, 1.165) is 87.2 Å². The number of pyridine rings is 1. The molecule has 6 nitrogen and oxygen atoms in total. The molecule has 0 radical (unpaired) electrons. The molecule has 2 aromatic rings. The molecule has 0 bridgehead atoms. The van der Waals surface area contributed by atoms with Crippen LogP contribution in [0.3, 0.4) is 0 Å². The van der Waals surface area contributed by atoms with E-state index in [-0.39, 0.29) is 18.5 Å². The summed E-state index contributed by atoms with van der Waals surface area (Å²) in [5, 5.41) is 0. The average Bonchev–Trinajstić information content (AvgIpc) is 2.81. The molecule has 1 saturated heterocycles. The molecule has 1 aliphatic heterocycles. The van der Waals surface area contributed by atoms with Crippen molar-refractivity contribution in [3.05, 3.63) is 47.1 Å². The van der Waals surface area contributed by atoms with Crippen LogP contribution in [-0.2, 0) is 9.47 Å². The molecular weight excluding hydrogens is 486 g/mol. The molecule has 2 heterocycles. The second-order valence-electron chi connectivity index (χ2n) is 8.67. The third-order valence-electron chi connectivity index (χ3n) is 5.90. The summed E-state index contributed by atoms with van der Waals surface area (Å²) in [6.45, 7) is 2.35. The smallest absolute Gasteiger partial charge is 0.213 e. The van der Waals surface area contributed by atoms with Gasteiger partial charge in [-0.2, -0.15) is 0 Å². The SMILES string of the molecule is Brc1ccc(OC2CC(Oc3cccc(OCCCCCCOC4CCCCO4)c3)C2)nc1. The van der Waals surface area contributed by atoms with Crippen molar-refractivity contribution in [2.45, 2.75) is 76.3 Å². The van der Waals surface area contributed by atoms with Gasteiger partial charge >= 0.3 is 0 Å². The normalized spacial score (nSPS) is 22.4. The maximum absolute atomic E-state index is 6.09. The molecule has 1 atom stereocenters. The number of rotatable bonds is 13. The van der Waals surface area contributed by atoms with E-state index >= 15 is 0 Å². The highest BCUT2D eigenvalue weighted by Crippen LogP contribution is 2.30. The Morgan fingerprint density at radius 2 is 1.73 bits per heavy atom. The van der Waals surface area contributed by atoms with Gasteiger partial charge in [-0.05, 0) is 72.7 Å². The molecule has 1 aromatic carbocycles. The Labute approximate surface area is 205 Å². The molecule has 1 saturated carbocycles. The van der Waals surface area contributed by atoms with Crippen LogP contribution in [0.4, 0.5) is 0 Å². The van der Waals surface area contributed by atoms with Crippen molar-refractivity contribution in [2.24, 2.45) is 0 Å². The fourth-order valence-corrected chi connectivity index (χ4v) is 4.18. The zero-order chi connectivity index (χ0) is 22.7. The summed E-state index contributed by atoms with van der Waals surface area (Å²) in [7, 11) is 0. The molecule has 0 spiro atoms. The van der Waals surface area contributed by atoms with Crippen LogP contribution in [0.15, 0.2) is 47.1 Å². The first-order valence-electron chi connectivity index (χ1n) is 12.2. The first-order chi connectivity index (χ1) is 16.2. The Kier molecular flexibility index (Phi) is 9.69. The molecule has 1 aromatic heterocycles. The van der Waals surface area contributed by atoms with Gasteiger partial charge in [0.15, 0.2) is 6.29 Å². The summed E-state index contributed by atoms with van der Waals surface area (Å²) < 4.78 is 30.2. The average molecular weight is 520 g/mol. The molecule has 180 valence electrons. The van der Waals surface area contributed by atoms with Gasteiger partial charge < -0.3 is 23.7 Å². The standard InChI is InChI=1S/C26H34BrNO5/c27-20-11-12-25(28-19-20)33-24-17-23(18-24)32-22-9-7-8-21(16-22)29-13-4-1-2-5-14-30-26-10-3-6-15-31-26/h7-9,11-12,16,19,23-24,26H,1-6,10,13-15,17-18H2. The number of benzene rings is 1. The Hall–Kier alpha value is -1.83. The van der Waals surface area contributed by atoms with Crippen molar-refractivity contribution in [1.29, 1.82) is 0 Å². The van der Waals surface area contributed by atoms with Crippen LogP contribution in [0.1, 0.15) is 57.8 Å². The van der Waals surface area contributed by atoms with E-state index in [1.807, 2.05) is 36.4 Å². The lowest BCUT2D eigenvalue weighted by Crippen LogP contribution is -2.41. The number of halogens is 1.